The molecule has 0 radical (unpaired) electrons. The first-order valence-corrected chi connectivity index (χ1v) is 7.95. The second-order valence-corrected chi connectivity index (χ2v) is 6.70. The smallest absolute Gasteiger partial charge is 0.173 e. The Hall–Kier alpha value is -0.670. The van der Waals surface area contributed by atoms with Gasteiger partial charge in [-0.15, -0.1) is 0 Å². The zero-order chi connectivity index (χ0) is 13.2. The second kappa shape index (κ2) is 5.54. The summed E-state index contributed by atoms with van der Waals surface area (Å²) in [4.78, 5) is 0.478. The summed E-state index contributed by atoms with van der Waals surface area (Å²) in [5, 5.41) is 0. The fourth-order valence-corrected chi connectivity index (χ4v) is 3.95. The standard InChI is InChI=1S/C15H22O2S/c1-4-6-7-14-15(5-2,17-14)18(16)13-10-8-12(3)9-11-13/h8-11,14H,4-7H2,1-3H3/t14-,15-,18-/m0/s1. The highest BCUT2D eigenvalue weighted by Gasteiger charge is 2.59. The van der Waals surface area contributed by atoms with E-state index in [0.717, 1.165) is 30.6 Å². The maximum atomic E-state index is 12.6. The number of aryl methyl sites for hydroxylation is 1. The molecule has 0 saturated carbocycles. The minimum Gasteiger partial charge on any atom is -0.351 e. The predicted octanol–water partition coefficient (Wildman–Crippen LogP) is 3.80. The van der Waals surface area contributed by atoms with Crippen LogP contribution >= 0.6 is 0 Å². The Bertz CT molecular complexity index is 427. The number of epoxide rings is 1. The van der Waals surface area contributed by atoms with E-state index < -0.39 is 15.7 Å². The van der Waals surface area contributed by atoms with Gasteiger partial charge in [0.15, 0.2) is 4.93 Å². The van der Waals surface area contributed by atoms with Gasteiger partial charge in [0.05, 0.1) is 10.8 Å². The predicted molar refractivity (Wildman–Crippen MR) is 75.0 cm³/mol. The van der Waals surface area contributed by atoms with Crippen LogP contribution in [0.3, 0.4) is 0 Å². The zero-order valence-electron chi connectivity index (χ0n) is 11.4. The van der Waals surface area contributed by atoms with E-state index in [1.165, 1.54) is 5.56 Å². The zero-order valence-corrected chi connectivity index (χ0v) is 12.3. The summed E-state index contributed by atoms with van der Waals surface area (Å²) in [5.41, 5.74) is 1.19. The van der Waals surface area contributed by atoms with E-state index in [-0.39, 0.29) is 6.10 Å². The molecule has 0 bridgehead atoms. The average molecular weight is 266 g/mol. The fourth-order valence-electron chi connectivity index (χ4n) is 2.34. The van der Waals surface area contributed by atoms with Crippen LogP contribution in [0.15, 0.2) is 29.2 Å². The van der Waals surface area contributed by atoms with Crippen molar-refractivity contribution in [2.75, 3.05) is 0 Å². The lowest BCUT2D eigenvalue weighted by Crippen LogP contribution is -2.21. The summed E-state index contributed by atoms with van der Waals surface area (Å²) in [6, 6.07) is 7.95. The van der Waals surface area contributed by atoms with Crippen molar-refractivity contribution in [2.45, 2.75) is 62.4 Å². The third-order valence-corrected chi connectivity index (χ3v) is 5.61. The van der Waals surface area contributed by atoms with Crippen LogP contribution in [0.25, 0.3) is 0 Å². The Morgan fingerprint density at radius 3 is 2.50 bits per heavy atom. The molecule has 100 valence electrons. The molecule has 3 atom stereocenters. The topological polar surface area (TPSA) is 29.6 Å². The molecule has 2 nitrogen and oxygen atoms in total. The van der Waals surface area contributed by atoms with E-state index in [9.17, 15) is 4.21 Å². The highest BCUT2D eigenvalue weighted by atomic mass is 32.2. The Morgan fingerprint density at radius 1 is 1.28 bits per heavy atom. The fraction of sp³-hybridized carbons (Fsp3) is 0.600. The molecule has 0 unspecified atom stereocenters. The molecule has 0 N–H and O–H groups in total. The Morgan fingerprint density at radius 2 is 1.94 bits per heavy atom. The van der Waals surface area contributed by atoms with Gasteiger partial charge in [-0.05, 0) is 31.9 Å². The van der Waals surface area contributed by atoms with Crippen LogP contribution in [0.4, 0.5) is 0 Å². The molecule has 3 heteroatoms. The van der Waals surface area contributed by atoms with Gasteiger partial charge in [0.25, 0.3) is 0 Å². The first-order chi connectivity index (χ1) is 8.64. The molecule has 1 heterocycles. The van der Waals surface area contributed by atoms with Gasteiger partial charge in [-0.1, -0.05) is 44.4 Å². The molecule has 0 amide bonds. The SMILES string of the molecule is CCCC[C@@H]1O[C@@]1(CC)[S@@](=O)c1ccc(C)cc1. The van der Waals surface area contributed by atoms with Gasteiger partial charge >= 0.3 is 0 Å². The molecule has 1 fully saturated rings. The highest BCUT2D eigenvalue weighted by molar-refractivity contribution is 7.86. The van der Waals surface area contributed by atoms with Crippen molar-refractivity contribution in [3.05, 3.63) is 29.8 Å². The number of benzene rings is 1. The summed E-state index contributed by atoms with van der Waals surface area (Å²) in [6.07, 6.45) is 4.35. The van der Waals surface area contributed by atoms with Gasteiger partial charge in [-0.25, -0.2) is 0 Å². The summed E-state index contributed by atoms with van der Waals surface area (Å²) < 4.78 is 18.4. The summed E-state index contributed by atoms with van der Waals surface area (Å²) in [5.74, 6) is 0. The van der Waals surface area contributed by atoms with E-state index in [1.807, 2.05) is 31.2 Å². The highest BCUT2D eigenvalue weighted by Crippen LogP contribution is 2.47. The van der Waals surface area contributed by atoms with Crippen LogP contribution in [0.5, 0.6) is 0 Å². The number of hydrogen-bond acceptors (Lipinski definition) is 2. The van der Waals surface area contributed by atoms with Crippen LogP contribution < -0.4 is 0 Å². The van der Waals surface area contributed by atoms with Crippen LogP contribution in [0.1, 0.15) is 45.1 Å². The van der Waals surface area contributed by atoms with Crippen molar-refractivity contribution in [1.82, 2.24) is 0 Å². The molecule has 1 aliphatic heterocycles. The first-order valence-electron chi connectivity index (χ1n) is 6.80. The lowest BCUT2D eigenvalue weighted by molar-refractivity contribution is 0.338. The number of ether oxygens (including phenoxy) is 1. The molecular weight excluding hydrogens is 244 g/mol. The third-order valence-electron chi connectivity index (χ3n) is 3.64. The lowest BCUT2D eigenvalue weighted by Gasteiger charge is -2.10. The van der Waals surface area contributed by atoms with Crippen molar-refractivity contribution >= 4 is 10.8 Å². The Labute approximate surface area is 112 Å². The van der Waals surface area contributed by atoms with E-state index in [0.29, 0.717) is 0 Å². The number of hydrogen-bond donors (Lipinski definition) is 0. The van der Waals surface area contributed by atoms with Crippen LogP contribution in [-0.4, -0.2) is 15.2 Å². The lowest BCUT2D eigenvalue weighted by atomic mass is 10.1. The summed E-state index contributed by atoms with van der Waals surface area (Å²) >= 11 is 0. The quantitative estimate of drug-likeness (QED) is 0.733. The van der Waals surface area contributed by atoms with Gasteiger partial charge in [-0.2, -0.15) is 0 Å². The normalized spacial score (nSPS) is 28.1. The maximum Gasteiger partial charge on any atom is 0.173 e. The van der Waals surface area contributed by atoms with Gasteiger partial charge in [0.2, 0.25) is 0 Å². The van der Waals surface area contributed by atoms with Crippen molar-refractivity contribution < 1.29 is 8.95 Å². The Kier molecular flexibility index (Phi) is 4.23. The van der Waals surface area contributed by atoms with E-state index in [4.69, 9.17) is 4.74 Å². The molecule has 18 heavy (non-hydrogen) atoms. The molecule has 0 aliphatic carbocycles. The monoisotopic (exact) mass is 266 g/mol. The molecule has 1 saturated heterocycles. The van der Waals surface area contributed by atoms with E-state index in [1.54, 1.807) is 0 Å². The first kappa shape index (κ1) is 13.8. The van der Waals surface area contributed by atoms with E-state index >= 15 is 0 Å². The molecule has 1 aliphatic rings. The minimum absolute atomic E-state index is 0.185. The average Bonchev–Trinajstić information content (AvgIpc) is 3.11. The molecule has 0 spiro atoms. The third kappa shape index (κ3) is 2.52. The molecule has 1 aromatic carbocycles. The molecule has 1 aromatic rings. The van der Waals surface area contributed by atoms with Crippen molar-refractivity contribution in [3.8, 4) is 0 Å². The molecule has 2 rings (SSSR count). The minimum atomic E-state index is -1.05. The van der Waals surface area contributed by atoms with Crippen LogP contribution in [0.2, 0.25) is 0 Å². The largest absolute Gasteiger partial charge is 0.351 e. The van der Waals surface area contributed by atoms with Crippen LogP contribution in [0, 0.1) is 6.92 Å². The van der Waals surface area contributed by atoms with Crippen LogP contribution in [-0.2, 0) is 15.5 Å². The molecular formula is C15H22O2S. The van der Waals surface area contributed by atoms with E-state index in [2.05, 4.69) is 13.8 Å². The van der Waals surface area contributed by atoms with Gasteiger partial charge in [0.1, 0.15) is 6.10 Å². The van der Waals surface area contributed by atoms with Crippen molar-refractivity contribution in [2.24, 2.45) is 0 Å². The van der Waals surface area contributed by atoms with Gasteiger partial charge < -0.3 is 4.74 Å². The number of rotatable bonds is 6. The maximum absolute atomic E-state index is 12.6. The van der Waals surface area contributed by atoms with Crippen molar-refractivity contribution in [3.63, 3.8) is 0 Å². The van der Waals surface area contributed by atoms with Crippen molar-refractivity contribution in [1.29, 1.82) is 0 Å². The summed E-state index contributed by atoms with van der Waals surface area (Å²) in [6.45, 7) is 6.28. The summed E-state index contributed by atoms with van der Waals surface area (Å²) in [7, 11) is -1.05. The van der Waals surface area contributed by atoms with Gasteiger partial charge in [0, 0.05) is 4.90 Å². The molecule has 0 aromatic heterocycles. The number of unbranched alkanes of at least 4 members (excludes halogenated alkanes) is 1. The Balaban J connectivity index is 2.10. The second-order valence-electron chi connectivity index (χ2n) is 5.00. The van der Waals surface area contributed by atoms with Gasteiger partial charge in [-0.3, -0.25) is 4.21 Å².